The molecule has 4 aromatic rings. The number of anilines is 1. The standard InChI is InChI=1S/C28H28N4O3/c1-35-23-12-7-11-22(19-23)29-27(33)26(20-8-3-2-4-9-20)31-14-16-32(17-15-31)28(34)25-18-21-10-5-6-13-24(21)30-25/h2-13,18-19,26,30H,14-17H2,1H3,(H,29,33). The minimum atomic E-state index is -0.465. The van der Waals surface area contributed by atoms with Gasteiger partial charge in [-0.3, -0.25) is 14.5 Å². The van der Waals surface area contributed by atoms with Crippen LogP contribution in [0.1, 0.15) is 22.1 Å². The molecule has 2 amide bonds. The predicted molar refractivity (Wildman–Crippen MR) is 137 cm³/mol. The minimum absolute atomic E-state index is 0.0158. The number of rotatable bonds is 6. The Bertz CT molecular complexity index is 1290. The summed E-state index contributed by atoms with van der Waals surface area (Å²) in [5.74, 6) is 0.556. The summed E-state index contributed by atoms with van der Waals surface area (Å²) < 4.78 is 5.29. The average molecular weight is 469 g/mol. The zero-order valence-corrected chi connectivity index (χ0v) is 19.6. The van der Waals surface area contributed by atoms with Crippen molar-refractivity contribution in [1.82, 2.24) is 14.8 Å². The van der Waals surface area contributed by atoms with Crippen LogP contribution in [0.5, 0.6) is 5.75 Å². The molecule has 1 atom stereocenters. The van der Waals surface area contributed by atoms with Gasteiger partial charge in [0.2, 0.25) is 5.91 Å². The number of nitrogens with zero attached hydrogens (tertiary/aromatic N) is 2. The van der Waals surface area contributed by atoms with E-state index in [4.69, 9.17) is 4.74 Å². The Morgan fingerprint density at radius 2 is 1.63 bits per heavy atom. The van der Waals surface area contributed by atoms with Crippen LogP contribution in [-0.4, -0.2) is 59.9 Å². The molecule has 5 rings (SSSR count). The molecule has 0 spiro atoms. The first kappa shape index (κ1) is 22.7. The van der Waals surface area contributed by atoms with Gasteiger partial charge in [0.15, 0.2) is 0 Å². The Labute approximate surface area is 204 Å². The van der Waals surface area contributed by atoms with E-state index >= 15 is 0 Å². The second kappa shape index (κ2) is 10.0. The quantitative estimate of drug-likeness (QED) is 0.442. The van der Waals surface area contributed by atoms with Crippen molar-refractivity contribution in [3.63, 3.8) is 0 Å². The van der Waals surface area contributed by atoms with Crippen molar-refractivity contribution in [3.05, 3.63) is 96.2 Å². The van der Waals surface area contributed by atoms with E-state index in [0.29, 0.717) is 43.3 Å². The van der Waals surface area contributed by atoms with Crippen molar-refractivity contribution < 1.29 is 14.3 Å². The zero-order valence-electron chi connectivity index (χ0n) is 19.6. The van der Waals surface area contributed by atoms with Crippen LogP contribution in [0.2, 0.25) is 0 Å². The Balaban J connectivity index is 1.31. The summed E-state index contributed by atoms with van der Waals surface area (Å²) in [4.78, 5) is 33.8. The second-order valence-electron chi connectivity index (χ2n) is 8.63. The van der Waals surface area contributed by atoms with E-state index in [9.17, 15) is 9.59 Å². The summed E-state index contributed by atoms with van der Waals surface area (Å²) in [7, 11) is 1.60. The van der Waals surface area contributed by atoms with Crippen molar-refractivity contribution in [2.45, 2.75) is 6.04 Å². The summed E-state index contributed by atoms with van der Waals surface area (Å²) in [5, 5.41) is 4.06. The number of aromatic nitrogens is 1. The van der Waals surface area contributed by atoms with E-state index in [1.807, 2.05) is 83.8 Å². The average Bonchev–Trinajstić information content (AvgIpc) is 3.34. The van der Waals surface area contributed by atoms with Crippen LogP contribution in [0.3, 0.4) is 0 Å². The van der Waals surface area contributed by atoms with Crippen LogP contribution < -0.4 is 10.1 Å². The highest BCUT2D eigenvalue weighted by molar-refractivity contribution is 5.98. The number of aromatic amines is 1. The summed E-state index contributed by atoms with van der Waals surface area (Å²) in [6.45, 7) is 2.28. The maximum absolute atomic E-state index is 13.5. The fourth-order valence-electron chi connectivity index (χ4n) is 4.62. The Morgan fingerprint density at radius 3 is 2.37 bits per heavy atom. The molecule has 1 aromatic heterocycles. The third kappa shape index (κ3) is 4.90. The number of H-pyrrole nitrogens is 1. The van der Waals surface area contributed by atoms with Crippen LogP contribution >= 0.6 is 0 Å². The number of ether oxygens (including phenoxy) is 1. The highest BCUT2D eigenvalue weighted by Crippen LogP contribution is 2.26. The molecule has 2 heterocycles. The van der Waals surface area contributed by atoms with E-state index in [2.05, 4.69) is 15.2 Å². The lowest BCUT2D eigenvalue weighted by molar-refractivity contribution is -0.122. The lowest BCUT2D eigenvalue weighted by Gasteiger charge is -2.38. The molecule has 1 unspecified atom stereocenters. The van der Waals surface area contributed by atoms with Crippen molar-refractivity contribution in [3.8, 4) is 5.75 Å². The number of amides is 2. The van der Waals surface area contributed by atoms with Crippen LogP contribution in [0, 0.1) is 0 Å². The number of methoxy groups -OCH3 is 1. The van der Waals surface area contributed by atoms with Crippen molar-refractivity contribution in [1.29, 1.82) is 0 Å². The first-order chi connectivity index (χ1) is 17.1. The molecule has 0 bridgehead atoms. The second-order valence-corrected chi connectivity index (χ2v) is 8.63. The lowest BCUT2D eigenvalue weighted by atomic mass is 10.0. The Hall–Kier alpha value is -4.10. The van der Waals surface area contributed by atoms with Crippen molar-refractivity contribution >= 4 is 28.4 Å². The highest BCUT2D eigenvalue weighted by atomic mass is 16.5. The van der Waals surface area contributed by atoms with Gasteiger partial charge < -0.3 is 19.9 Å². The number of carbonyl (C=O) groups is 2. The largest absolute Gasteiger partial charge is 0.497 e. The van der Waals surface area contributed by atoms with Gasteiger partial charge in [0.25, 0.3) is 5.91 Å². The van der Waals surface area contributed by atoms with E-state index in [0.717, 1.165) is 16.5 Å². The molecule has 2 N–H and O–H groups in total. The van der Waals surface area contributed by atoms with E-state index in [1.54, 1.807) is 13.2 Å². The molecule has 0 saturated carbocycles. The first-order valence-electron chi connectivity index (χ1n) is 11.7. The monoisotopic (exact) mass is 468 g/mol. The summed E-state index contributed by atoms with van der Waals surface area (Å²) in [6, 6.07) is 26.4. The van der Waals surface area contributed by atoms with Gasteiger partial charge >= 0.3 is 0 Å². The van der Waals surface area contributed by atoms with Gasteiger partial charge in [-0.2, -0.15) is 0 Å². The third-order valence-corrected chi connectivity index (χ3v) is 6.43. The molecule has 35 heavy (non-hydrogen) atoms. The topological polar surface area (TPSA) is 77.7 Å². The van der Waals surface area contributed by atoms with E-state index < -0.39 is 6.04 Å². The van der Waals surface area contributed by atoms with E-state index in [1.165, 1.54) is 0 Å². The summed E-state index contributed by atoms with van der Waals surface area (Å²) in [6.07, 6.45) is 0. The van der Waals surface area contributed by atoms with Crippen LogP contribution in [0.25, 0.3) is 10.9 Å². The molecule has 178 valence electrons. The first-order valence-corrected chi connectivity index (χ1v) is 11.7. The molecule has 0 radical (unpaired) electrons. The maximum Gasteiger partial charge on any atom is 0.270 e. The Kier molecular flexibility index (Phi) is 6.50. The van der Waals surface area contributed by atoms with Gasteiger partial charge in [0, 0.05) is 48.8 Å². The minimum Gasteiger partial charge on any atom is -0.497 e. The fourth-order valence-corrected chi connectivity index (χ4v) is 4.62. The number of benzene rings is 3. The van der Waals surface area contributed by atoms with Gasteiger partial charge in [-0.05, 0) is 29.8 Å². The van der Waals surface area contributed by atoms with Gasteiger partial charge in [-0.1, -0.05) is 54.6 Å². The molecule has 7 nitrogen and oxygen atoms in total. The normalized spacial score (nSPS) is 15.1. The summed E-state index contributed by atoms with van der Waals surface area (Å²) in [5.41, 5.74) is 3.15. The van der Waals surface area contributed by atoms with Gasteiger partial charge in [0.1, 0.15) is 17.5 Å². The fraction of sp³-hybridized carbons (Fsp3) is 0.214. The Morgan fingerprint density at radius 1 is 0.886 bits per heavy atom. The summed E-state index contributed by atoms with van der Waals surface area (Å²) >= 11 is 0. The van der Waals surface area contributed by atoms with Crippen molar-refractivity contribution in [2.75, 3.05) is 38.6 Å². The molecule has 1 aliphatic rings. The number of piperazine rings is 1. The smallest absolute Gasteiger partial charge is 0.270 e. The predicted octanol–water partition coefficient (Wildman–Crippen LogP) is 4.31. The third-order valence-electron chi connectivity index (χ3n) is 6.43. The molecule has 1 fully saturated rings. The number of hydrogen-bond acceptors (Lipinski definition) is 4. The van der Waals surface area contributed by atoms with E-state index in [-0.39, 0.29) is 11.8 Å². The molecule has 3 aromatic carbocycles. The molecular formula is C28H28N4O3. The highest BCUT2D eigenvalue weighted by Gasteiger charge is 2.32. The SMILES string of the molecule is COc1cccc(NC(=O)C(c2ccccc2)N2CCN(C(=O)c3cc4ccccc4[nH]3)CC2)c1. The van der Waals surface area contributed by atoms with Crippen molar-refractivity contribution in [2.24, 2.45) is 0 Å². The number of carbonyl (C=O) groups excluding carboxylic acids is 2. The number of fused-ring (bicyclic) bond motifs is 1. The zero-order chi connectivity index (χ0) is 24.2. The molecule has 0 aliphatic carbocycles. The number of para-hydroxylation sites is 1. The van der Waals surface area contributed by atoms with Crippen LogP contribution in [0.4, 0.5) is 5.69 Å². The van der Waals surface area contributed by atoms with Crippen LogP contribution in [-0.2, 0) is 4.79 Å². The number of hydrogen-bond donors (Lipinski definition) is 2. The molecular weight excluding hydrogens is 440 g/mol. The maximum atomic E-state index is 13.5. The lowest BCUT2D eigenvalue weighted by Crippen LogP contribution is -2.51. The van der Waals surface area contributed by atoms with Crippen LogP contribution in [0.15, 0.2) is 84.9 Å². The van der Waals surface area contributed by atoms with Gasteiger partial charge in [-0.25, -0.2) is 0 Å². The molecule has 1 aliphatic heterocycles. The van der Waals surface area contributed by atoms with Gasteiger partial charge in [-0.15, -0.1) is 0 Å². The molecule has 1 saturated heterocycles. The number of nitrogens with one attached hydrogen (secondary N) is 2. The van der Waals surface area contributed by atoms with Gasteiger partial charge in [0.05, 0.1) is 7.11 Å². The molecule has 7 heteroatoms.